The molecule has 59 heavy (non-hydrogen) atoms. The third-order valence-electron chi connectivity index (χ3n) is 12.6. The Morgan fingerprint density at radius 1 is 0.390 bits per heavy atom. The van der Waals surface area contributed by atoms with E-state index in [9.17, 15) is 0 Å². The molecule has 0 fully saturated rings. The molecule has 2 atom stereocenters. The van der Waals surface area contributed by atoms with Gasteiger partial charge < -0.3 is 0 Å². The highest BCUT2D eigenvalue weighted by Gasteiger charge is 2.47. The van der Waals surface area contributed by atoms with Gasteiger partial charge in [-0.25, -0.2) is 15.0 Å². The summed E-state index contributed by atoms with van der Waals surface area (Å²) in [4.78, 5) is 15.2. The first kappa shape index (κ1) is 35.0. The topological polar surface area (TPSA) is 38.7 Å². The van der Waals surface area contributed by atoms with Crippen molar-refractivity contribution < 1.29 is 0 Å². The minimum Gasteiger partial charge on any atom is -0.208 e. The van der Waals surface area contributed by atoms with Crippen LogP contribution in [-0.2, 0) is 5.41 Å². The van der Waals surface area contributed by atoms with Gasteiger partial charge in [0.05, 0.1) is 0 Å². The van der Waals surface area contributed by atoms with E-state index >= 15 is 0 Å². The Hall–Kier alpha value is -7.23. The number of hydrogen-bond donors (Lipinski definition) is 0. The highest BCUT2D eigenvalue weighted by molar-refractivity contribution is 6.04. The van der Waals surface area contributed by atoms with E-state index in [1.54, 1.807) is 0 Å². The first-order chi connectivity index (χ1) is 29.0. The molecule has 2 aliphatic carbocycles. The molecule has 2 aliphatic rings. The van der Waals surface area contributed by atoms with Crippen molar-refractivity contribution in [2.45, 2.75) is 31.1 Å². The molecule has 9 aromatic rings. The van der Waals surface area contributed by atoms with E-state index in [0.29, 0.717) is 17.5 Å². The summed E-state index contributed by atoms with van der Waals surface area (Å²) in [5, 5.41) is 2.28. The molecule has 1 aromatic heterocycles. The van der Waals surface area contributed by atoms with Gasteiger partial charge in [0.15, 0.2) is 17.5 Å². The zero-order chi connectivity index (χ0) is 39.5. The van der Waals surface area contributed by atoms with Crippen LogP contribution in [-0.4, -0.2) is 15.0 Å². The Morgan fingerprint density at radius 3 is 1.56 bits per heavy atom. The molecule has 2 unspecified atom stereocenters. The van der Waals surface area contributed by atoms with Crippen molar-refractivity contribution in [2.24, 2.45) is 0 Å². The fraction of sp³-hybridized carbons (Fsp3) is 0.0893. The maximum Gasteiger partial charge on any atom is 0.164 e. The van der Waals surface area contributed by atoms with Crippen LogP contribution in [0.5, 0.6) is 0 Å². The standard InChI is InChI=1S/C56H41N3/c1-56(2)49-34-42(30-31-48(49)52-50(56)35-41-22-12-13-23-44(41)51(52)38-28-26-37(27-29-38)36-16-6-3-7-17-36)43-32-33-47(46-25-15-14-24-45(43)46)55-58-53(39-18-8-4-9-19-39)57-54(59-55)40-20-10-5-11-21-40/h3-35,51-52H,1-2H3. The average molecular weight is 756 g/mol. The van der Waals surface area contributed by atoms with Crippen molar-refractivity contribution in [3.63, 3.8) is 0 Å². The number of nitrogens with zero attached hydrogens (tertiary/aromatic N) is 3. The molecule has 0 aliphatic heterocycles. The van der Waals surface area contributed by atoms with Gasteiger partial charge in [0, 0.05) is 33.9 Å². The van der Waals surface area contributed by atoms with Crippen LogP contribution in [0.2, 0.25) is 0 Å². The highest BCUT2D eigenvalue weighted by atomic mass is 15.0. The van der Waals surface area contributed by atoms with E-state index in [-0.39, 0.29) is 17.3 Å². The van der Waals surface area contributed by atoms with Crippen molar-refractivity contribution in [3.8, 4) is 56.4 Å². The molecule has 280 valence electrons. The van der Waals surface area contributed by atoms with Gasteiger partial charge in [0.25, 0.3) is 0 Å². The number of aromatic nitrogens is 3. The fourth-order valence-electron chi connectivity index (χ4n) is 9.71. The normalized spacial score (nSPS) is 16.2. The minimum absolute atomic E-state index is 0.159. The molecule has 11 rings (SSSR count). The van der Waals surface area contributed by atoms with Crippen LogP contribution < -0.4 is 0 Å². The van der Waals surface area contributed by atoms with E-state index < -0.39 is 0 Å². The third kappa shape index (κ3) is 5.92. The summed E-state index contributed by atoms with van der Waals surface area (Å²) in [6, 6.07) is 69.7. The summed E-state index contributed by atoms with van der Waals surface area (Å²) in [7, 11) is 0. The number of hydrogen-bond acceptors (Lipinski definition) is 3. The van der Waals surface area contributed by atoms with Crippen LogP contribution in [0.1, 0.15) is 53.5 Å². The molecule has 0 bridgehead atoms. The van der Waals surface area contributed by atoms with Gasteiger partial charge in [-0.1, -0.05) is 207 Å². The quantitative estimate of drug-likeness (QED) is 0.170. The van der Waals surface area contributed by atoms with Crippen molar-refractivity contribution in [2.75, 3.05) is 0 Å². The molecule has 0 N–H and O–H groups in total. The smallest absolute Gasteiger partial charge is 0.164 e. The van der Waals surface area contributed by atoms with E-state index in [0.717, 1.165) is 22.1 Å². The number of benzene rings is 8. The molecule has 8 aromatic carbocycles. The summed E-state index contributed by atoms with van der Waals surface area (Å²) in [6.07, 6.45) is 2.49. The van der Waals surface area contributed by atoms with Crippen LogP contribution in [0.15, 0.2) is 200 Å². The number of fused-ring (bicyclic) bond motifs is 5. The van der Waals surface area contributed by atoms with E-state index in [1.807, 2.05) is 36.4 Å². The second kappa shape index (κ2) is 14.0. The lowest BCUT2D eigenvalue weighted by molar-refractivity contribution is 0.587. The predicted octanol–water partition coefficient (Wildman–Crippen LogP) is 14.0. The van der Waals surface area contributed by atoms with E-state index in [4.69, 9.17) is 15.0 Å². The molecule has 0 spiro atoms. The Kier molecular flexibility index (Phi) is 8.30. The van der Waals surface area contributed by atoms with Gasteiger partial charge in [-0.05, 0) is 73.0 Å². The molecule has 0 amide bonds. The summed E-state index contributed by atoms with van der Waals surface area (Å²) < 4.78 is 0. The van der Waals surface area contributed by atoms with Gasteiger partial charge >= 0.3 is 0 Å². The molecule has 1 heterocycles. The van der Waals surface area contributed by atoms with Gasteiger partial charge in [0.1, 0.15) is 0 Å². The third-order valence-corrected chi connectivity index (χ3v) is 12.6. The lowest BCUT2D eigenvalue weighted by Gasteiger charge is -2.35. The summed E-state index contributed by atoms with van der Waals surface area (Å²) >= 11 is 0. The van der Waals surface area contributed by atoms with Crippen LogP contribution >= 0.6 is 0 Å². The zero-order valence-electron chi connectivity index (χ0n) is 33.0. The second-order valence-electron chi connectivity index (χ2n) is 16.3. The Bertz CT molecular complexity index is 3000. The maximum absolute atomic E-state index is 5.10. The van der Waals surface area contributed by atoms with Crippen molar-refractivity contribution >= 4 is 16.8 Å². The second-order valence-corrected chi connectivity index (χ2v) is 16.3. The molecule has 3 heteroatoms. The van der Waals surface area contributed by atoms with Crippen molar-refractivity contribution in [1.29, 1.82) is 0 Å². The molecular weight excluding hydrogens is 715 g/mol. The summed E-state index contributed by atoms with van der Waals surface area (Å²) in [6.45, 7) is 4.84. The van der Waals surface area contributed by atoms with Crippen LogP contribution in [0, 0.1) is 0 Å². The lowest BCUT2D eigenvalue weighted by Crippen LogP contribution is -2.23. The van der Waals surface area contributed by atoms with Gasteiger partial charge in [-0.2, -0.15) is 0 Å². The first-order valence-corrected chi connectivity index (χ1v) is 20.5. The Morgan fingerprint density at radius 2 is 0.898 bits per heavy atom. The SMILES string of the molecule is CC1(C)C2=Cc3ccccc3C(c3ccc(-c4ccccc4)cc3)C2c2ccc(-c3ccc(-c4nc(-c5ccccc5)nc(-c5ccccc5)n4)c4ccccc34)cc21. The van der Waals surface area contributed by atoms with E-state index in [1.165, 1.54) is 61.0 Å². The van der Waals surface area contributed by atoms with Gasteiger partial charge in [-0.15, -0.1) is 0 Å². The molecule has 3 nitrogen and oxygen atoms in total. The number of allylic oxidation sites excluding steroid dienone is 1. The molecule has 0 saturated heterocycles. The Labute approximate surface area is 345 Å². The van der Waals surface area contributed by atoms with Crippen LogP contribution in [0.25, 0.3) is 73.3 Å². The lowest BCUT2D eigenvalue weighted by atomic mass is 9.68. The highest BCUT2D eigenvalue weighted by Crippen LogP contribution is 2.60. The predicted molar refractivity (Wildman–Crippen MR) is 243 cm³/mol. The minimum atomic E-state index is -0.159. The molecule has 0 radical (unpaired) electrons. The van der Waals surface area contributed by atoms with Crippen LogP contribution in [0.3, 0.4) is 0 Å². The average Bonchev–Trinajstić information content (AvgIpc) is 3.53. The Balaban J connectivity index is 1.03. The van der Waals surface area contributed by atoms with Gasteiger partial charge in [0.2, 0.25) is 0 Å². The van der Waals surface area contributed by atoms with Gasteiger partial charge in [-0.3, -0.25) is 0 Å². The molecule has 0 saturated carbocycles. The largest absolute Gasteiger partial charge is 0.208 e. The van der Waals surface area contributed by atoms with Crippen molar-refractivity contribution in [3.05, 3.63) is 228 Å². The maximum atomic E-state index is 5.10. The fourth-order valence-corrected chi connectivity index (χ4v) is 9.71. The van der Waals surface area contributed by atoms with Crippen molar-refractivity contribution in [1.82, 2.24) is 15.0 Å². The van der Waals surface area contributed by atoms with Crippen LogP contribution in [0.4, 0.5) is 0 Å². The number of rotatable bonds is 6. The summed E-state index contributed by atoms with van der Waals surface area (Å²) in [5.74, 6) is 2.43. The monoisotopic (exact) mass is 755 g/mol. The van der Waals surface area contributed by atoms with E-state index in [2.05, 4.69) is 178 Å². The summed E-state index contributed by atoms with van der Waals surface area (Å²) in [5.41, 5.74) is 16.0. The molecular formula is C56H41N3. The first-order valence-electron chi connectivity index (χ1n) is 20.5. The zero-order valence-corrected chi connectivity index (χ0v) is 33.0.